The molecule has 0 aliphatic heterocycles. The Labute approximate surface area is 101 Å². The van der Waals surface area contributed by atoms with Crippen LogP contribution in [0.5, 0.6) is 0 Å². The lowest BCUT2D eigenvalue weighted by molar-refractivity contribution is -0.140. The lowest BCUT2D eigenvalue weighted by Crippen LogP contribution is -2.44. The topological polar surface area (TPSA) is 69.6 Å². The van der Waals surface area contributed by atoms with Crippen molar-refractivity contribution in [2.75, 3.05) is 0 Å². The Morgan fingerprint density at radius 3 is 2.41 bits per heavy atom. The molecule has 0 aliphatic carbocycles. The van der Waals surface area contributed by atoms with Gasteiger partial charge in [0.05, 0.1) is 6.10 Å². The van der Waals surface area contributed by atoms with Crippen molar-refractivity contribution < 1.29 is 15.0 Å². The number of aliphatic hydroxyl groups is 1. The van der Waals surface area contributed by atoms with Crippen LogP contribution in [0.3, 0.4) is 0 Å². The average molecular weight is 237 g/mol. The van der Waals surface area contributed by atoms with Crippen molar-refractivity contribution >= 4 is 5.97 Å². The van der Waals surface area contributed by atoms with Gasteiger partial charge in [-0.2, -0.15) is 0 Å². The fraction of sp³-hybridized carbons (Fsp3) is 0.462. The maximum Gasteiger partial charge on any atom is 0.320 e. The molecular weight excluding hydrogens is 218 g/mol. The molecule has 0 saturated carbocycles. The minimum atomic E-state index is -0.889. The summed E-state index contributed by atoms with van der Waals surface area (Å²) in [5.74, 6) is -0.889. The van der Waals surface area contributed by atoms with Gasteiger partial charge >= 0.3 is 5.97 Å². The molecule has 0 radical (unpaired) electrons. The average Bonchev–Trinajstić information content (AvgIpc) is 2.35. The maximum atomic E-state index is 10.9. The number of hydrogen-bond donors (Lipinski definition) is 3. The zero-order chi connectivity index (χ0) is 12.8. The van der Waals surface area contributed by atoms with Crippen molar-refractivity contribution in [2.45, 2.75) is 38.5 Å². The minimum absolute atomic E-state index is 0.307. The van der Waals surface area contributed by atoms with Crippen molar-refractivity contribution in [1.82, 2.24) is 5.32 Å². The highest BCUT2D eigenvalue weighted by Crippen LogP contribution is 2.16. The molecule has 0 bridgehead atoms. The van der Waals surface area contributed by atoms with Gasteiger partial charge in [-0.05, 0) is 18.9 Å². The number of benzene rings is 1. The van der Waals surface area contributed by atoms with Gasteiger partial charge in [-0.25, -0.2) is 0 Å². The van der Waals surface area contributed by atoms with E-state index in [1.165, 1.54) is 0 Å². The first-order valence-electron chi connectivity index (χ1n) is 5.78. The number of carbonyl (C=O) groups is 1. The summed E-state index contributed by atoms with van der Waals surface area (Å²) in [6.45, 7) is 3.58. The Bertz CT molecular complexity index is 353. The molecule has 4 nitrogen and oxygen atoms in total. The molecule has 0 aromatic heterocycles. The number of carboxylic acids is 1. The van der Waals surface area contributed by atoms with E-state index in [4.69, 9.17) is 5.11 Å². The summed E-state index contributed by atoms with van der Waals surface area (Å²) in [4.78, 5) is 10.9. The van der Waals surface area contributed by atoms with Crippen LogP contribution >= 0.6 is 0 Å². The summed E-state index contributed by atoms with van der Waals surface area (Å²) in [6.07, 6.45) is -0.217. The predicted octanol–water partition coefficient (Wildman–Crippen LogP) is 1.56. The van der Waals surface area contributed by atoms with Crippen LogP contribution in [0.15, 0.2) is 30.3 Å². The van der Waals surface area contributed by atoms with E-state index in [1.54, 1.807) is 13.8 Å². The smallest absolute Gasteiger partial charge is 0.320 e. The fourth-order valence-electron chi connectivity index (χ4n) is 1.71. The molecule has 0 aliphatic rings. The van der Waals surface area contributed by atoms with E-state index in [2.05, 4.69) is 5.32 Å². The SMILES string of the molecule is CCC(NC(C)C(O)c1ccccc1)C(=O)O. The first-order valence-corrected chi connectivity index (χ1v) is 5.78. The van der Waals surface area contributed by atoms with Gasteiger partial charge in [0, 0.05) is 6.04 Å². The number of aliphatic hydroxyl groups excluding tert-OH is 1. The van der Waals surface area contributed by atoms with Crippen LogP contribution in [0.1, 0.15) is 31.9 Å². The van der Waals surface area contributed by atoms with E-state index in [0.717, 1.165) is 5.56 Å². The molecule has 3 N–H and O–H groups in total. The van der Waals surface area contributed by atoms with Gasteiger partial charge in [-0.15, -0.1) is 0 Å². The predicted molar refractivity (Wildman–Crippen MR) is 65.7 cm³/mol. The van der Waals surface area contributed by atoms with Crippen LogP contribution in [-0.2, 0) is 4.79 Å². The van der Waals surface area contributed by atoms with Gasteiger partial charge in [0.25, 0.3) is 0 Å². The van der Waals surface area contributed by atoms with E-state index < -0.39 is 18.1 Å². The minimum Gasteiger partial charge on any atom is -0.480 e. The van der Waals surface area contributed by atoms with Gasteiger partial charge in [0.1, 0.15) is 6.04 Å². The Morgan fingerprint density at radius 2 is 1.94 bits per heavy atom. The number of hydrogen-bond acceptors (Lipinski definition) is 3. The van der Waals surface area contributed by atoms with E-state index >= 15 is 0 Å². The third-order valence-electron chi connectivity index (χ3n) is 2.79. The normalized spacial score (nSPS) is 16.2. The lowest BCUT2D eigenvalue weighted by atomic mass is 10.0. The molecule has 94 valence electrons. The molecule has 0 amide bonds. The lowest BCUT2D eigenvalue weighted by Gasteiger charge is -2.24. The zero-order valence-electron chi connectivity index (χ0n) is 10.1. The van der Waals surface area contributed by atoms with Gasteiger partial charge in [-0.1, -0.05) is 37.3 Å². The highest BCUT2D eigenvalue weighted by Gasteiger charge is 2.22. The summed E-state index contributed by atoms with van der Waals surface area (Å²) in [5, 5.41) is 21.9. The highest BCUT2D eigenvalue weighted by atomic mass is 16.4. The summed E-state index contributed by atoms with van der Waals surface area (Å²) in [7, 11) is 0. The van der Waals surface area contributed by atoms with Crippen LogP contribution in [0.2, 0.25) is 0 Å². The fourth-order valence-corrected chi connectivity index (χ4v) is 1.71. The Hall–Kier alpha value is -1.39. The molecular formula is C13H19NO3. The third kappa shape index (κ3) is 3.84. The first-order chi connectivity index (χ1) is 8.06. The van der Waals surface area contributed by atoms with Crippen LogP contribution in [0.25, 0.3) is 0 Å². The Kier molecular flexibility index (Phi) is 5.12. The van der Waals surface area contributed by atoms with Gasteiger partial charge in [0.2, 0.25) is 0 Å². The molecule has 3 atom stereocenters. The highest BCUT2D eigenvalue weighted by molar-refractivity contribution is 5.73. The second kappa shape index (κ2) is 6.37. The van der Waals surface area contributed by atoms with E-state index in [9.17, 15) is 9.90 Å². The summed E-state index contributed by atoms with van der Waals surface area (Å²) in [6, 6.07) is 8.29. The number of rotatable bonds is 6. The monoisotopic (exact) mass is 237 g/mol. The number of aliphatic carboxylic acids is 1. The molecule has 0 fully saturated rings. The molecule has 0 spiro atoms. The quantitative estimate of drug-likeness (QED) is 0.702. The number of nitrogens with one attached hydrogen (secondary N) is 1. The van der Waals surface area contributed by atoms with Crippen LogP contribution in [-0.4, -0.2) is 28.3 Å². The summed E-state index contributed by atoms with van der Waals surface area (Å²) < 4.78 is 0. The standard InChI is InChI=1S/C13H19NO3/c1-3-11(13(16)17)14-9(2)12(15)10-7-5-4-6-8-10/h4-9,11-12,14-15H,3H2,1-2H3,(H,16,17). The van der Waals surface area contributed by atoms with Gasteiger partial charge in [-0.3, -0.25) is 10.1 Å². The first kappa shape index (κ1) is 13.7. The van der Waals surface area contributed by atoms with Crippen LogP contribution in [0, 0.1) is 0 Å². The van der Waals surface area contributed by atoms with Gasteiger partial charge < -0.3 is 10.2 Å². The van der Waals surface area contributed by atoms with Crippen molar-refractivity contribution in [3.8, 4) is 0 Å². The van der Waals surface area contributed by atoms with Gasteiger partial charge in [0.15, 0.2) is 0 Å². The van der Waals surface area contributed by atoms with Crippen LogP contribution < -0.4 is 5.32 Å². The summed E-state index contributed by atoms with van der Waals surface area (Å²) in [5.41, 5.74) is 0.785. The van der Waals surface area contributed by atoms with Crippen LogP contribution in [0.4, 0.5) is 0 Å². The zero-order valence-corrected chi connectivity index (χ0v) is 10.1. The molecule has 4 heteroatoms. The Balaban J connectivity index is 2.64. The molecule has 0 saturated heterocycles. The molecule has 0 heterocycles. The van der Waals surface area contributed by atoms with Crippen molar-refractivity contribution in [1.29, 1.82) is 0 Å². The van der Waals surface area contributed by atoms with E-state index in [1.807, 2.05) is 30.3 Å². The van der Waals surface area contributed by atoms with Crippen molar-refractivity contribution in [2.24, 2.45) is 0 Å². The maximum absolute atomic E-state index is 10.9. The Morgan fingerprint density at radius 1 is 1.35 bits per heavy atom. The molecule has 17 heavy (non-hydrogen) atoms. The number of carboxylic acid groups (broad SMARTS) is 1. The van der Waals surface area contributed by atoms with Crippen molar-refractivity contribution in [3.63, 3.8) is 0 Å². The molecule has 1 aromatic rings. The largest absolute Gasteiger partial charge is 0.480 e. The second-order valence-electron chi connectivity index (χ2n) is 4.11. The molecule has 1 rings (SSSR count). The molecule has 1 aromatic carbocycles. The summed E-state index contributed by atoms with van der Waals surface area (Å²) >= 11 is 0. The van der Waals surface area contributed by atoms with E-state index in [-0.39, 0.29) is 6.04 Å². The second-order valence-corrected chi connectivity index (χ2v) is 4.11. The van der Waals surface area contributed by atoms with E-state index in [0.29, 0.717) is 6.42 Å². The molecule has 3 unspecified atom stereocenters. The van der Waals surface area contributed by atoms with Crippen molar-refractivity contribution in [3.05, 3.63) is 35.9 Å². The third-order valence-corrected chi connectivity index (χ3v) is 2.79.